The van der Waals surface area contributed by atoms with Crippen LogP contribution in [-0.2, 0) is 10.0 Å². The molecule has 3 rings (SSSR count). The van der Waals surface area contributed by atoms with Crippen LogP contribution < -0.4 is 0 Å². The minimum Gasteiger partial charge on any atom is -0.288 e. The summed E-state index contributed by atoms with van der Waals surface area (Å²) in [4.78, 5) is 4.65. The summed E-state index contributed by atoms with van der Waals surface area (Å²) >= 11 is 0. The van der Waals surface area contributed by atoms with Crippen molar-refractivity contribution in [2.75, 3.05) is 25.9 Å². The number of nitrogens with zero attached hydrogens (tertiary/aromatic N) is 2. The van der Waals surface area contributed by atoms with Crippen LogP contribution in [0.25, 0.3) is 0 Å². The lowest BCUT2D eigenvalue weighted by atomic mass is 9.72. The van der Waals surface area contributed by atoms with Crippen LogP contribution in [0.2, 0.25) is 0 Å². The Labute approximate surface area is 108 Å². The molecule has 4 nitrogen and oxygen atoms in total. The SMILES string of the molecule is CS(=O)(=O)N1CCC2(CC1)CN=C1CC=CC=C12. The topological polar surface area (TPSA) is 49.7 Å². The van der Waals surface area contributed by atoms with E-state index in [1.54, 1.807) is 4.31 Å². The highest BCUT2D eigenvalue weighted by molar-refractivity contribution is 7.88. The first-order valence-corrected chi connectivity index (χ1v) is 8.22. The molecule has 18 heavy (non-hydrogen) atoms. The van der Waals surface area contributed by atoms with E-state index in [0.29, 0.717) is 13.1 Å². The van der Waals surface area contributed by atoms with Crippen LogP contribution in [0, 0.1) is 5.41 Å². The van der Waals surface area contributed by atoms with Crippen molar-refractivity contribution in [3.05, 3.63) is 23.8 Å². The van der Waals surface area contributed by atoms with Gasteiger partial charge < -0.3 is 0 Å². The van der Waals surface area contributed by atoms with Crippen LogP contribution in [0.1, 0.15) is 19.3 Å². The zero-order chi connectivity index (χ0) is 12.8. The van der Waals surface area contributed by atoms with Gasteiger partial charge in [0.1, 0.15) is 0 Å². The maximum atomic E-state index is 11.5. The number of hydrogen-bond donors (Lipinski definition) is 0. The van der Waals surface area contributed by atoms with Crippen molar-refractivity contribution in [2.45, 2.75) is 19.3 Å². The molecule has 1 saturated heterocycles. The van der Waals surface area contributed by atoms with Crippen molar-refractivity contribution >= 4 is 15.7 Å². The van der Waals surface area contributed by atoms with Gasteiger partial charge in [-0.25, -0.2) is 12.7 Å². The van der Waals surface area contributed by atoms with Gasteiger partial charge >= 0.3 is 0 Å². The zero-order valence-electron chi connectivity index (χ0n) is 10.6. The molecule has 0 unspecified atom stereocenters. The van der Waals surface area contributed by atoms with Gasteiger partial charge in [-0.2, -0.15) is 0 Å². The fraction of sp³-hybridized carbons (Fsp3) is 0.615. The molecule has 2 heterocycles. The highest BCUT2D eigenvalue weighted by atomic mass is 32.2. The van der Waals surface area contributed by atoms with E-state index in [9.17, 15) is 8.42 Å². The summed E-state index contributed by atoms with van der Waals surface area (Å²) in [7, 11) is -3.04. The summed E-state index contributed by atoms with van der Waals surface area (Å²) in [6, 6.07) is 0. The number of fused-ring (bicyclic) bond motifs is 2. The lowest BCUT2D eigenvalue weighted by molar-refractivity contribution is 0.214. The van der Waals surface area contributed by atoms with Gasteiger partial charge in [-0.1, -0.05) is 18.2 Å². The van der Waals surface area contributed by atoms with E-state index in [4.69, 9.17) is 0 Å². The summed E-state index contributed by atoms with van der Waals surface area (Å²) < 4.78 is 24.7. The Morgan fingerprint density at radius 2 is 2.06 bits per heavy atom. The molecule has 1 fully saturated rings. The maximum Gasteiger partial charge on any atom is 0.211 e. The number of rotatable bonds is 1. The monoisotopic (exact) mass is 266 g/mol. The van der Waals surface area contributed by atoms with E-state index in [1.165, 1.54) is 17.5 Å². The molecule has 1 aliphatic carbocycles. The molecule has 0 bridgehead atoms. The molecule has 0 aromatic rings. The Morgan fingerprint density at radius 1 is 1.33 bits per heavy atom. The van der Waals surface area contributed by atoms with Crippen molar-refractivity contribution in [1.82, 2.24) is 4.31 Å². The largest absolute Gasteiger partial charge is 0.288 e. The predicted molar refractivity (Wildman–Crippen MR) is 72.2 cm³/mol. The Morgan fingerprint density at radius 3 is 2.72 bits per heavy atom. The Bertz CT molecular complexity index is 550. The summed E-state index contributed by atoms with van der Waals surface area (Å²) in [6.45, 7) is 2.10. The molecule has 0 aromatic heterocycles. The molecule has 5 heteroatoms. The number of hydrogen-bond acceptors (Lipinski definition) is 3. The van der Waals surface area contributed by atoms with E-state index >= 15 is 0 Å². The standard InChI is InChI=1S/C13H18N2O2S/c1-18(16,17)15-8-6-13(7-9-15)10-14-12-5-3-2-4-11(12)13/h2-4H,5-10H2,1H3. The molecule has 1 spiro atoms. The number of piperidine rings is 1. The van der Waals surface area contributed by atoms with Crippen LogP contribution in [0.3, 0.4) is 0 Å². The van der Waals surface area contributed by atoms with E-state index < -0.39 is 10.0 Å². The van der Waals surface area contributed by atoms with Gasteiger partial charge in [0.05, 0.1) is 6.26 Å². The minimum absolute atomic E-state index is 0.112. The Balaban J connectivity index is 1.81. The Kier molecular flexibility index (Phi) is 2.71. The summed E-state index contributed by atoms with van der Waals surface area (Å²) in [5.74, 6) is 0. The molecule has 0 aromatic carbocycles. The van der Waals surface area contributed by atoms with Crippen molar-refractivity contribution in [3.8, 4) is 0 Å². The van der Waals surface area contributed by atoms with Gasteiger partial charge in [-0.3, -0.25) is 4.99 Å². The van der Waals surface area contributed by atoms with Gasteiger partial charge in [0.25, 0.3) is 0 Å². The third-order valence-electron chi connectivity index (χ3n) is 4.31. The van der Waals surface area contributed by atoms with Crippen molar-refractivity contribution in [3.63, 3.8) is 0 Å². The van der Waals surface area contributed by atoms with Crippen LogP contribution >= 0.6 is 0 Å². The molecular weight excluding hydrogens is 248 g/mol. The molecule has 0 saturated carbocycles. The minimum atomic E-state index is -3.04. The highest BCUT2D eigenvalue weighted by Crippen LogP contribution is 2.45. The van der Waals surface area contributed by atoms with Crippen LogP contribution in [0.4, 0.5) is 0 Å². The average molecular weight is 266 g/mol. The van der Waals surface area contributed by atoms with Crippen LogP contribution in [0.5, 0.6) is 0 Å². The van der Waals surface area contributed by atoms with E-state index in [1.807, 2.05) is 0 Å². The molecule has 0 atom stereocenters. The predicted octanol–water partition coefficient (Wildman–Crippen LogP) is 1.37. The molecule has 0 radical (unpaired) electrons. The third kappa shape index (κ3) is 1.86. The molecule has 0 amide bonds. The molecule has 2 aliphatic heterocycles. The first-order valence-electron chi connectivity index (χ1n) is 6.37. The van der Waals surface area contributed by atoms with Crippen LogP contribution in [0.15, 0.2) is 28.8 Å². The third-order valence-corrected chi connectivity index (χ3v) is 5.62. The normalized spacial score (nSPS) is 26.9. The molecule has 0 N–H and O–H groups in total. The van der Waals surface area contributed by atoms with Gasteiger partial charge in [0.2, 0.25) is 10.0 Å². The number of allylic oxidation sites excluding steroid dienone is 3. The van der Waals surface area contributed by atoms with E-state index in [-0.39, 0.29) is 5.41 Å². The van der Waals surface area contributed by atoms with Crippen molar-refractivity contribution in [2.24, 2.45) is 10.4 Å². The second kappa shape index (κ2) is 4.03. The quantitative estimate of drug-likeness (QED) is 0.719. The van der Waals surface area contributed by atoms with E-state index in [2.05, 4.69) is 23.2 Å². The summed E-state index contributed by atoms with van der Waals surface area (Å²) in [6.07, 6.45) is 10.4. The first-order chi connectivity index (χ1) is 8.51. The maximum absolute atomic E-state index is 11.5. The molecule has 98 valence electrons. The molecule has 3 aliphatic rings. The highest BCUT2D eigenvalue weighted by Gasteiger charge is 2.44. The first kappa shape index (κ1) is 12.1. The summed E-state index contributed by atoms with van der Waals surface area (Å²) in [5, 5.41) is 0. The second-order valence-corrected chi connectivity index (χ2v) is 7.40. The lowest BCUT2D eigenvalue weighted by Gasteiger charge is -2.39. The van der Waals surface area contributed by atoms with E-state index in [0.717, 1.165) is 25.8 Å². The smallest absolute Gasteiger partial charge is 0.211 e. The average Bonchev–Trinajstić information content (AvgIpc) is 2.69. The lowest BCUT2D eigenvalue weighted by Crippen LogP contribution is -2.44. The Hall–Kier alpha value is -0.940. The van der Waals surface area contributed by atoms with Crippen molar-refractivity contribution in [1.29, 1.82) is 0 Å². The number of aliphatic imine (C=N–C) groups is 1. The van der Waals surface area contributed by atoms with Gasteiger partial charge in [-0.05, 0) is 18.4 Å². The second-order valence-electron chi connectivity index (χ2n) is 5.42. The van der Waals surface area contributed by atoms with Crippen LogP contribution in [-0.4, -0.2) is 44.3 Å². The molecular formula is C13H18N2O2S. The zero-order valence-corrected chi connectivity index (χ0v) is 11.4. The van der Waals surface area contributed by atoms with Gasteiger partial charge in [-0.15, -0.1) is 0 Å². The van der Waals surface area contributed by atoms with Gasteiger partial charge in [0, 0.05) is 37.2 Å². The van der Waals surface area contributed by atoms with Crippen molar-refractivity contribution < 1.29 is 8.42 Å². The number of sulfonamides is 1. The summed E-state index contributed by atoms with van der Waals surface area (Å²) in [5.41, 5.74) is 2.69. The fourth-order valence-electron chi connectivity index (χ4n) is 3.19. The fourth-order valence-corrected chi connectivity index (χ4v) is 4.03. The van der Waals surface area contributed by atoms with Gasteiger partial charge in [0.15, 0.2) is 0 Å².